The number of carbonyl (C=O) groups is 2. The number of aryl methyl sites for hydroxylation is 1. The summed E-state index contributed by atoms with van der Waals surface area (Å²) in [6.45, 7) is 6.92. The van der Waals surface area contributed by atoms with Gasteiger partial charge in [0.25, 0.3) is 5.91 Å². The Morgan fingerprint density at radius 2 is 1.56 bits per heavy atom. The van der Waals surface area contributed by atoms with E-state index in [4.69, 9.17) is 4.42 Å². The van der Waals surface area contributed by atoms with Gasteiger partial charge >= 0.3 is 0 Å². The van der Waals surface area contributed by atoms with Gasteiger partial charge in [-0.25, -0.2) is 8.42 Å². The average molecular weight is 489 g/mol. The SMILES string of the molecule is Cc1ccc(C(=O)N2CCN(C(C)C(=O)Nc3ccc(S(=O)(=O)N4CCCCC4)cc3)CC2)o1. The fourth-order valence-electron chi connectivity index (χ4n) is 4.39. The van der Waals surface area contributed by atoms with Gasteiger partial charge in [0.05, 0.1) is 10.9 Å². The second-order valence-corrected chi connectivity index (χ2v) is 10.8. The molecule has 184 valence electrons. The van der Waals surface area contributed by atoms with Gasteiger partial charge in [-0.05, 0) is 63.1 Å². The highest BCUT2D eigenvalue weighted by Gasteiger charge is 2.29. The largest absolute Gasteiger partial charge is 0.456 e. The smallest absolute Gasteiger partial charge is 0.289 e. The quantitative estimate of drug-likeness (QED) is 0.670. The Balaban J connectivity index is 1.30. The summed E-state index contributed by atoms with van der Waals surface area (Å²) in [6.07, 6.45) is 2.83. The minimum Gasteiger partial charge on any atom is -0.456 e. The Morgan fingerprint density at radius 3 is 2.15 bits per heavy atom. The Hall–Kier alpha value is -2.69. The predicted octanol–water partition coefficient (Wildman–Crippen LogP) is 2.55. The number of amides is 2. The first kappa shape index (κ1) is 24.4. The maximum absolute atomic E-state index is 12.8. The van der Waals surface area contributed by atoms with Crippen molar-refractivity contribution in [2.24, 2.45) is 0 Å². The van der Waals surface area contributed by atoms with Crippen LogP contribution in [-0.4, -0.2) is 79.6 Å². The minimum absolute atomic E-state index is 0.135. The van der Waals surface area contributed by atoms with Crippen LogP contribution in [0.25, 0.3) is 0 Å². The van der Waals surface area contributed by atoms with Crippen molar-refractivity contribution < 1.29 is 22.4 Å². The van der Waals surface area contributed by atoms with E-state index in [0.717, 1.165) is 19.3 Å². The Kier molecular flexibility index (Phi) is 7.39. The fourth-order valence-corrected chi connectivity index (χ4v) is 5.91. The number of anilines is 1. The van der Waals surface area contributed by atoms with E-state index >= 15 is 0 Å². The Bertz CT molecular complexity index is 1110. The van der Waals surface area contributed by atoms with Gasteiger partial charge in [-0.1, -0.05) is 6.42 Å². The van der Waals surface area contributed by atoms with Crippen molar-refractivity contribution in [3.63, 3.8) is 0 Å². The number of hydrogen-bond acceptors (Lipinski definition) is 6. The van der Waals surface area contributed by atoms with Crippen LogP contribution in [0.15, 0.2) is 45.7 Å². The van der Waals surface area contributed by atoms with Crippen molar-refractivity contribution in [1.82, 2.24) is 14.1 Å². The van der Waals surface area contributed by atoms with Gasteiger partial charge in [-0.3, -0.25) is 14.5 Å². The van der Waals surface area contributed by atoms with E-state index in [1.807, 2.05) is 11.8 Å². The lowest BCUT2D eigenvalue weighted by atomic mass is 10.2. The second-order valence-electron chi connectivity index (χ2n) is 8.89. The van der Waals surface area contributed by atoms with Crippen molar-refractivity contribution in [2.45, 2.75) is 44.0 Å². The number of nitrogens with one attached hydrogen (secondary N) is 1. The molecule has 1 N–H and O–H groups in total. The molecule has 9 nitrogen and oxygen atoms in total. The highest BCUT2D eigenvalue weighted by Crippen LogP contribution is 2.22. The van der Waals surface area contributed by atoms with Crippen LogP contribution in [0.5, 0.6) is 0 Å². The topological polar surface area (TPSA) is 103 Å². The van der Waals surface area contributed by atoms with Crippen LogP contribution in [0.4, 0.5) is 5.69 Å². The summed E-state index contributed by atoms with van der Waals surface area (Å²) in [5.41, 5.74) is 0.552. The number of sulfonamides is 1. The average Bonchev–Trinajstić information content (AvgIpc) is 3.30. The normalized spacial score (nSPS) is 19.1. The molecular formula is C24H32N4O5S. The van der Waals surface area contributed by atoms with Gasteiger partial charge in [0, 0.05) is 45.0 Å². The van der Waals surface area contributed by atoms with Crippen LogP contribution in [0.1, 0.15) is 42.5 Å². The number of nitrogens with zero attached hydrogens (tertiary/aromatic N) is 3. The molecule has 1 aromatic heterocycles. The molecule has 4 rings (SSSR count). The zero-order valence-electron chi connectivity index (χ0n) is 19.7. The molecule has 34 heavy (non-hydrogen) atoms. The van der Waals surface area contributed by atoms with Crippen molar-refractivity contribution in [3.05, 3.63) is 47.9 Å². The molecule has 1 aromatic carbocycles. The number of piperazine rings is 1. The highest BCUT2D eigenvalue weighted by molar-refractivity contribution is 7.89. The first-order chi connectivity index (χ1) is 16.3. The van der Waals surface area contributed by atoms with E-state index in [2.05, 4.69) is 5.32 Å². The summed E-state index contributed by atoms with van der Waals surface area (Å²) >= 11 is 0. The lowest BCUT2D eigenvalue weighted by Gasteiger charge is -2.37. The molecule has 3 heterocycles. The molecule has 2 fully saturated rings. The van der Waals surface area contributed by atoms with Crippen molar-refractivity contribution in [1.29, 1.82) is 0 Å². The summed E-state index contributed by atoms with van der Waals surface area (Å²) in [6, 6.07) is 9.41. The summed E-state index contributed by atoms with van der Waals surface area (Å²) < 4.78 is 32.6. The lowest BCUT2D eigenvalue weighted by molar-refractivity contribution is -0.121. The van der Waals surface area contributed by atoms with Crippen LogP contribution >= 0.6 is 0 Å². The van der Waals surface area contributed by atoms with Gasteiger partial charge in [-0.15, -0.1) is 0 Å². The third-order valence-electron chi connectivity index (χ3n) is 6.55. The minimum atomic E-state index is -3.50. The van der Waals surface area contributed by atoms with Crippen LogP contribution in [0.2, 0.25) is 0 Å². The zero-order chi connectivity index (χ0) is 24.3. The molecule has 1 atom stereocenters. The van der Waals surface area contributed by atoms with E-state index in [1.165, 1.54) is 4.31 Å². The predicted molar refractivity (Wildman–Crippen MR) is 128 cm³/mol. The van der Waals surface area contributed by atoms with E-state index in [1.54, 1.807) is 48.2 Å². The lowest BCUT2D eigenvalue weighted by Crippen LogP contribution is -2.54. The van der Waals surface area contributed by atoms with E-state index < -0.39 is 10.0 Å². The van der Waals surface area contributed by atoms with Crippen molar-refractivity contribution in [3.8, 4) is 0 Å². The van der Waals surface area contributed by atoms with E-state index in [-0.39, 0.29) is 22.8 Å². The molecule has 0 spiro atoms. The molecular weight excluding hydrogens is 456 g/mol. The summed E-state index contributed by atoms with van der Waals surface area (Å²) in [7, 11) is -3.50. The number of hydrogen-bond donors (Lipinski definition) is 1. The number of piperidine rings is 1. The third kappa shape index (κ3) is 5.34. The number of benzene rings is 1. The molecule has 2 aromatic rings. The molecule has 2 aliphatic heterocycles. The first-order valence-corrected chi connectivity index (χ1v) is 13.2. The van der Waals surface area contributed by atoms with Gasteiger partial charge < -0.3 is 14.6 Å². The zero-order valence-corrected chi connectivity index (χ0v) is 20.5. The first-order valence-electron chi connectivity index (χ1n) is 11.8. The molecule has 2 aliphatic rings. The number of carbonyl (C=O) groups excluding carboxylic acids is 2. The van der Waals surface area contributed by atoms with Crippen molar-refractivity contribution in [2.75, 3.05) is 44.6 Å². The number of furan rings is 1. The Morgan fingerprint density at radius 1 is 0.912 bits per heavy atom. The van der Waals surface area contributed by atoms with Gasteiger partial charge in [-0.2, -0.15) is 4.31 Å². The molecule has 0 aliphatic carbocycles. The summed E-state index contributed by atoms with van der Waals surface area (Å²) in [5.74, 6) is 0.726. The molecule has 0 radical (unpaired) electrons. The monoisotopic (exact) mass is 488 g/mol. The summed E-state index contributed by atoms with van der Waals surface area (Å²) in [4.78, 5) is 29.4. The van der Waals surface area contributed by atoms with E-state index in [9.17, 15) is 18.0 Å². The van der Waals surface area contributed by atoms with Gasteiger partial charge in [0.1, 0.15) is 5.76 Å². The van der Waals surface area contributed by atoms with Gasteiger partial charge in [0.15, 0.2) is 5.76 Å². The fraction of sp³-hybridized carbons (Fsp3) is 0.500. The van der Waals surface area contributed by atoms with Crippen LogP contribution < -0.4 is 5.32 Å². The number of rotatable bonds is 6. The van der Waals surface area contributed by atoms with Crippen LogP contribution in [0.3, 0.4) is 0 Å². The van der Waals surface area contributed by atoms with E-state index in [0.29, 0.717) is 56.5 Å². The van der Waals surface area contributed by atoms with Crippen LogP contribution in [-0.2, 0) is 14.8 Å². The highest BCUT2D eigenvalue weighted by atomic mass is 32.2. The summed E-state index contributed by atoms with van der Waals surface area (Å²) in [5, 5.41) is 2.88. The third-order valence-corrected chi connectivity index (χ3v) is 8.47. The molecule has 0 saturated carbocycles. The molecule has 10 heteroatoms. The maximum atomic E-state index is 12.8. The Labute approximate surface area is 200 Å². The molecule has 0 bridgehead atoms. The van der Waals surface area contributed by atoms with Gasteiger partial charge in [0.2, 0.25) is 15.9 Å². The molecule has 2 saturated heterocycles. The second kappa shape index (κ2) is 10.3. The van der Waals surface area contributed by atoms with Crippen molar-refractivity contribution >= 4 is 27.5 Å². The standard InChI is InChI=1S/C24H32N4O5S/c1-18-6-11-22(33-18)24(30)27-16-14-26(15-17-27)19(2)23(29)25-20-7-9-21(10-8-20)34(31,32)28-12-4-3-5-13-28/h6-11,19H,3-5,12-17H2,1-2H3,(H,25,29). The molecule has 2 amide bonds. The molecule has 1 unspecified atom stereocenters. The maximum Gasteiger partial charge on any atom is 0.289 e. The van der Waals surface area contributed by atoms with Crippen LogP contribution in [0, 0.1) is 6.92 Å².